The number of hydrogen-bond acceptors (Lipinski definition) is 3. The van der Waals surface area contributed by atoms with E-state index in [2.05, 4.69) is 31.6 Å². The van der Waals surface area contributed by atoms with Gasteiger partial charge in [0.2, 0.25) is 0 Å². The van der Waals surface area contributed by atoms with E-state index in [0.717, 1.165) is 0 Å². The summed E-state index contributed by atoms with van der Waals surface area (Å²) in [6.07, 6.45) is 12.2. The van der Waals surface area contributed by atoms with Crippen molar-refractivity contribution in [3.8, 4) is 0 Å². The second-order valence-corrected chi connectivity index (χ2v) is 3.85. The lowest BCUT2D eigenvalue weighted by atomic mass is 10.2. The van der Waals surface area contributed by atoms with Gasteiger partial charge in [-0.1, -0.05) is 32.4 Å². The Morgan fingerprint density at radius 1 is 0.762 bits per heavy atom. The van der Waals surface area contributed by atoms with E-state index in [9.17, 15) is 4.79 Å². The number of nitrogens with one attached hydrogen (secondary N) is 1. The molecule has 4 nitrogen and oxygen atoms in total. The van der Waals surface area contributed by atoms with Gasteiger partial charge in [-0.15, -0.1) is 0 Å². The highest BCUT2D eigenvalue weighted by atomic mass is 16.1. The summed E-state index contributed by atoms with van der Waals surface area (Å²) in [6.45, 7) is 14.3. The van der Waals surface area contributed by atoms with Gasteiger partial charge in [0.25, 0.3) is 5.91 Å². The smallest absolute Gasteiger partial charge is 0.255 e. The van der Waals surface area contributed by atoms with Gasteiger partial charge in [-0.2, -0.15) is 0 Å². The summed E-state index contributed by atoms with van der Waals surface area (Å²) >= 11 is 0. The van der Waals surface area contributed by atoms with Crippen LogP contribution >= 0.6 is 0 Å². The Labute approximate surface area is 125 Å². The van der Waals surface area contributed by atoms with Crippen LogP contribution in [0.5, 0.6) is 0 Å². The Morgan fingerprint density at radius 3 is 1.71 bits per heavy atom. The van der Waals surface area contributed by atoms with Crippen LogP contribution in [0.2, 0.25) is 0 Å². The van der Waals surface area contributed by atoms with E-state index in [1.807, 2.05) is 0 Å². The largest absolute Gasteiger partial charge is 0.399 e. The minimum absolute atomic E-state index is 0.338. The number of amides is 1. The zero-order valence-electron chi connectivity index (χ0n) is 12.0. The molecule has 0 fully saturated rings. The fraction of sp³-hybridized carbons (Fsp3) is 0. The lowest BCUT2D eigenvalue weighted by Gasteiger charge is -2.05. The molecule has 0 aromatic rings. The van der Waals surface area contributed by atoms with Crippen LogP contribution in [0.1, 0.15) is 0 Å². The molecule has 0 radical (unpaired) electrons. The van der Waals surface area contributed by atoms with Crippen molar-refractivity contribution >= 4 is 5.91 Å². The molecule has 0 heterocycles. The molecule has 0 saturated heterocycles. The van der Waals surface area contributed by atoms with Crippen molar-refractivity contribution in [1.29, 1.82) is 0 Å². The molecular formula is C17H21N3O. The average molecular weight is 283 g/mol. The van der Waals surface area contributed by atoms with E-state index >= 15 is 0 Å². The zero-order valence-corrected chi connectivity index (χ0v) is 12.0. The fourth-order valence-electron chi connectivity index (χ4n) is 1.11. The van der Waals surface area contributed by atoms with Gasteiger partial charge in [0.1, 0.15) is 0 Å². The molecule has 0 aliphatic heterocycles. The third kappa shape index (κ3) is 7.22. The first-order valence-corrected chi connectivity index (χ1v) is 6.14. The molecule has 0 bridgehead atoms. The Bertz CT molecular complexity index is 561. The fourth-order valence-corrected chi connectivity index (χ4v) is 1.11. The molecular weight excluding hydrogens is 262 g/mol. The molecule has 0 saturated carbocycles. The van der Waals surface area contributed by atoms with Gasteiger partial charge in [-0.3, -0.25) is 4.79 Å². The minimum Gasteiger partial charge on any atom is -0.399 e. The zero-order chi connectivity index (χ0) is 16.3. The number of allylic oxidation sites excluding steroid dienone is 7. The number of hydrogen-bond donors (Lipinski definition) is 3. The van der Waals surface area contributed by atoms with E-state index in [0.29, 0.717) is 22.7 Å². The van der Waals surface area contributed by atoms with Crippen LogP contribution in [0.15, 0.2) is 97.6 Å². The summed E-state index contributed by atoms with van der Waals surface area (Å²) in [5, 5.41) is 2.67. The molecule has 0 aromatic carbocycles. The molecule has 0 aliphatic rings. The minimum atomic E-state index is -0.338. The molecule has 0 unspecified atom stereocenters. The monoisotopic (exact) mass is 283 g/mol. The summed E-state index contributed by atoms with van der Waals surface area (Å²) in [5.74, 6) is -0.338. The highest BCUT2D eigenvalue weighted by Crippen LogP contribution is 2.02. The maximum atomic E-state index is 12.1. The van der Waals surface area contributed by atoms with E-state index in [4.69, 9.17) is 11.5 Å². The molecule has 0 atom stereocenters. The summed E-state index contributed by atoms with van der Waals surface area (Å²) in [6, 6.07) is 0. The molecule has 4 heteroatoms. The second-order valence-electron chi connectivity index (χ2n) is 3.85. The predicted octanol–water partition coefficient (Wildman–Crippen LogP) is 2.34. The Morgan fingerprint density at radius 2 is 1.29 bits per heavy atom. The normalized spacial score (nSPS) is 13.3. The number of carbonyl (C=O) groups is 1. The van der Waals surface area contributed by atoms with E-state index in [1.54, 1.807) is 24.3 Å². The van der Waals surface area contributed by atoms with Crippen LogP contribution in [0.4, 0.5) is 0 Å². The summed E-state index contributed by atoms with van der Waals surface area (Å²) in [7, 11) is 0. The van der Waals surface area contributed by atoms with Crippen LogP contribution in [-0.4, -0.2) is 5.91 Å². The summed E-state index contributed by atoms with van der Waals surface area (Å²) < 4.78 is 0. The average Bonchev–Trinajstić information content (AvgIpc) is 2.50. The van der Waals surface area contributed by atoms with Crippen molar-refractivity contribution in [3.63, 3.8) is 0 Å². The molecule has 0 rings (SSSR count). The topological polar surface area (TPSA) is 81.1 Å². The highest BCUT2D eigenvalue weighted by molar-refractivity contribution is 5.97. The Hall–Kier alpha value is -3.01. The Balaban J connectivity index is 5.15. The van der Waals surface area contributed by atoms with Gasteiger partial charge < -0.3 is 16.8 Å². The van der Waals surface area contributed by atoms with Crippen molar-refractivity contribution in [2.75, 3.05) is 0 Å². The number of nitrogens with two attached hydrogens (primary N) is 2. The van der Waals surface area contributed by atoms with Gasteiger partial charge in [0.05, 0.1) is 0 Å². The molecule has 1 amide bonds. The molecule has 110 valence electrons. The first-order chi connectivity index (χ1) is 9.98. The Kier molecular flexibility index (Phi) is 8.45. The van der Waals surface area contributed by atoms with Crippen LogP contribution in [0.3, 0.4) is 0 Å². The van der Waals surface area contributed by atoms with E-state index < -0.39 is 0 Å². The predicted molar refractivity (Wildman–Crippen MR) is 89.6 cm³/mol. The summed E-state index contributed by atoms with van der Waals surface area (Å²) in [5.41, 5.74) is 12.9. The van der Waals surface area contributed by atoms with Gasteiger partial charge in [0, 0.05) is 22.7 Å². The van der Waals surface area contributed by atoms with Crippen molar-refractivity contribution in [1.82, 2.24) is 5.32 Å². The van der Waals surface area contributed by atoms with Crippen LogP contribution in [0.25, 0.3) is 0 Å². The van der Waals surface area contributed by atoms with Crippen molar-refractivity contribution in [2.24, 2.45) is 11.5 Å². The van der Waals surface area contributed by atoms with Crippen molar-refractivity contribution in [2.45, 2.75) is 0 Å². The molecule has 21 heavy (non-hydrogen) atoms. The van der Waals surface area contributed by atoms with Gasteiger partial charge >= 0.3 is 0 Å². The van der Waals surface area contributed by atoms with Gasteiger partial charge in [0.15, 0.2) is 0 Å². The quantitative estimate of drug-likeness (QED) is 0.472. The van der Waals surface area contributed by atoms with Gasteiger partial charge in [-0.05, 0) is 42.5 Å². The van der Waals surface area contributed by atoms with E-state index in [1.165, 1.54) is 24.3 Å². The number of rotatable bonds is 8. The third-order valence-corrected chi connectivity index (χ3v) is 2.34. The summed E-state index contributed by atoms with van der Waals surface area (Å²) in [4.78, 5) is 12.1. The van der Waals surface area contributed by atoms with Gasteiger partial charge in [-0.25, -0.2) is 0 Å². The molecule has 0 spiro atoms. The molecule has 5 N–H and O–H groups in total. The lowest BCUT2D eigenvalue weighted by Crippen LogP contribution is -2.22. The third-order valence-electron chi connectivity index (χ3n) is 2.34. The van der Waals surface area contributed by atoms with Crippen LogP contribution in [0, 0.1) is 0 Å². The second kappa shape index (κ2) is 9.86. The first-order valence-electron chi connectivity index (χ1n) is 6.14. The molecule has 0 aromatic heterocycles. The lowest BCUT2D eigenvalue weighted by molar-refractivity contribution is -0.116. The van der Waals surface area contributed by atoms with Crippen molar-refractivity contribution in [3.05, 3.63) is 97.6 Å². The number of carbonyl (C=O) groups excluding carboxylic acids is 1. The standard InChI is InChI=1S/C17H21N3O/c1-5-13(9-10-14(18)6-2)17(21)20-16(8-4)12-11-15(19)7-3/h5-12H,1-4,18-19H2,(H,20,21)/b13-9+,14-10+,15-11+,16-12+. The van der Waals surface area contributed by atoms with Crippen molar-refractivity contribution < 1.29 is 4.79 Å². The maximum absolute atomic E-state index is 12.1. The maximum Gasteiger partial charge on any atom is 0.255 e. The van der Waals surface area contributed by atoms with E-state index in [-0.39, 0.29) is 5.91 Å². The van der Waals surface area contributed by atoms with Crippen LogP contribution < -0.4 is 16.8 Å². The molecule has 0 aliphatic carbocycles. The highest BCUT2D eigenvalue weighted by Gasteiger charge is 2.05. The van der Waals surface area contributed by atoms with Crippen LogP contribution in [-0.2, 0) is 4.79 Å². The first kappa shape index (κ1) is 18.0. The SMILES string of the molecule is C=C/C(N)=C\C=C(/C=C)NC(=O)/C(C=C)=C/C=C(/N)C=C.